The molecule has 7 heteroatoms. The van der Waals surface area contributed by atoms with Gasteiger partial charge in [0.15, 0.2) is 0 Å². The van der Waals surface area contributed by atoms with E-state index in [1.807, 2.05) is 37.3 Å². The highest BCUT2D eigenvalue weighted by molar-refractivity contribution is 6.02. The summed E-state index contributed by atoms with van der Waals surface area (Å²) in [4.78, 5) is 33.5. The number of amides is 2. The minimum Gasteiger partial charge on any atom is -0.336 e. The molecule has 0 spiro atoms. The Balaban J connectivity index is 1.36. The number of rotatable bonds is 4. The molecule has 1 unspecified atom stereocenters. The van der Waals surface area contributed by atoms with Gasteiger partial charge in [0, 0.05) is 43.3 Å². The fourth-order valence-corrected chi connectivity index (χ4v) is 3.70. The van der Waals surface area contributed by atoms with Gasteiger partial charge in [0.2, 0.25) is 5.91 Å². The molecule has 0 saturated carbocycles. The van der Waals surface area contributed by atoms with Crippen LogP contribution in [0, 0.1) is 5.82 Å². The van der Waals surface area contributed by atoms with E-state index in [1.165, 1.54) is 24.3 Å². The summed E-state index contributed by atoms with van der Waals surface area (Å²) >= 11 is 0. The summed E-state index contributed by atoms with van der Waals surface area (Å²) in [7, 11) is 0. The van der Waals surface area contributed by atoms with Gasteiger partial charge in [-0.15, -0.1) is 0 Å². The van der Waals surface area contributed by atoms with Gasteiger partial charge in [-0.1, -0.05) is 6.07 Å². The number of fused-ring (bicyclic) bond motifs is 1. The first-order chi connectivity index (χ1) is 14.5. The van der Waals surface area contributed by atoms with E-state index in [4.69, 9.17) is 0 Å². The second-order valence-electron chi connectivity index (χ2n) is 7.38. The van der Waals surface area contributed by atoms with Crippen molar-refractivity contribution in [3.63, 3.8) is 0 Å². The summed E-state index contributed by atoms with van der Waals surface area (Å²) in [5.41, 5.74) is 2.04. The number of aromatic nitrogens is 1. The number of nitrogens with zero attached hydrogens (tertiary/aromatic N) is 3. The SMILES string of the molecule is CC(C(=O)Nc1cccc2ncccc12)N1CCN(C(=O)c2ccc(F)cc2)CC1. The van der Waals surface area contributed by atoms with Crippen LogP contribution in [0.3, 0.4) is 0 Å². The smallest absolute Gasteiger partial charge is 0.253 e. The van der Waals surface area contributed by atoms with Crippen LogP contribution in [0.25, 0.3) is 10.9 Å². The van der Waals surface area contributed by atoms with Crippen LogP contribution in [0.2, 0.25) is 0 Å². The second-order valence-corrected chi connectivity index (χ2v) is 7.38. The first-order valence-corrected chi connectivity index (χ1v) is 9.96. The van der Waals surface area contributed by atoms with E-state index in [0.717, 1.165) is 16.6 Å². The first kappa shape index (κ1) is 20.0. The zero-order valence-corrected chi connectivity index (χ0v) is 16.7. The zero-order chi connectivity index (χ0) is 21.1. The number of hydrogen-bond acceptors (Lipinski definition) is 4. The first-order valence-electron chi connectivity index (χ1n) is 9.96. The summed E-state index contributed by atoms with van der Waals surface area (Å²) in [5, 5.41) is 3.91. The molecule has 1 N–H and O–H groups in total. The molecule has 2 amide bonds. The van der Waals surface area contributed by atoms with E-state index in [1.54, 1.807) is 11.1 Å². The molecule has 154 valence electrons. The predicted octanol–water partition coefficient (Wildman–Crippen LogP) is 3.16. The number of nitrogens with one attached hydrogen (secondary N) is 1. The van der Waals surface area contributed by atoms with E-state index >= 15 is 0 Å². The van der Waals surface area contributed by atoms with E-state index < -0.39 is 0 Å². The Labute approximate surface area is 174 Å². The van der Waals surface area contributed by atoms with Crippen molar-refractivity contribution < 1.29 is 14.0 Å². The molecular weight excluding hydrogens is 383 g/mol. The van der Waals surface area contributed by atoms with Gasteiger partial charge >= 0.3 is 0 Å². The lowest BCUT2D eigenvalue weighted by Crippen LogP contribution is -2.54. The highest BCUT2D eigenvalue weighted by Crippen LogP contribution is 2.22. The molecule has 1 atom stereocenters. The largest absolute Gasteiger partial charge is 0.336 e. The lowest BCUT2D eigenvalue weighted by Gasteiger charge is -2.37. The number of anilines is 1. The molecule has 2 heterocycles. The minimum atomic E-state index is -0.363. The van der Waals surface area contributed by atoms with Gasteiger partial charge in [0.25, 0.3) is 5.91 Å². The number of pyridine rings is 1. The Kier molecular flexibility index (Phi) is 5.72. The molecule has 1 saturated heterocycles. The Morgan fingerprint density at radius 3 is 2.47 bits per heavy atom. The summed E-state index contributed by atoms with van der Waals surface area (Å²) in [6.45, 7) is 4.10. The van der Waals surface area contributed by atoms with Crippen LogP contribution < -0.4 is 5.32 Å². The fraction of sp³-hybridized carbons (Fsp3) is 0.261. The van der Waals surface area contributed by atoms with Crippen molar-refractivity contribution in [2.75, 3.05) is 31.5 Å². The number of hydrogen-bond donors (Lipinski definition) is 1. The van der Waals surface area contributed by atoms with E-state index in [2.05, 4.69) is 15.2 Å². The van der Waals surface area contributed by atoms with E-state index in [9.17, 15) is 14.0 Å². The Hall–Kier alpha value is -3.32. The van der Waals surface area contributed by atoms with E-state index in [0.29, 0.717) is 31.7 Å². The van der Waals surface area contributed by atoms with Crippen LogP contribution in [0.15, 0.2) is 60.8 Å². The van der Waals surface area contributed by atoms with Gasteiger partial charge in [-0.05, 0) is 55.5 Å². The van der Waals surface area contributed by atoms with Gasteiger partial charge < -0.3 is 10.2 Å². The van der Waals surface area contributed by atoms with Gasteiger partial charge in [0.05, 0.1) is 17.2 Å². The van der Waals surface area contributed by atoms with Crippen molar-refractivity contribution in [2.45, 2.75) is 13.0 Å². The molecule has 6 nitrogen and oxygen atoms in total. The van der Waals surface area contributed by atoms with Crippen LogP contribution in [-0.2, 0) is 4.79 Å². The molecule has 1 aliphatic heterocycles. The number of carbonyl (C=O) groups excluding carboxylic acids is 2. The quantitative estimate of drug-likeness (QED) is 0.723. The molecule has 3 aromatic rings. The average Bonchev–Trinajstić information content (AvgIpc) is 2.79. The summed E-state index contributed by atoms with van der Waals surface area (Å²) < 4.78 is 13.1. The van der Waals surface area contributed by atoms with E-state index in [-0.39, 0.29) is 23.7 Å². The molecule has 1 fully saturated rings. The summed E-state index contributed by atoms with van der Waals surface area (Å²) in [6, 6.07) is 14.7. The molecule has 4 rings (SSSR count). The lowest BCUT2D eigenvalue weighted by molar-refractivity contribution is -0.121. The second kappa shape index (κ2) is 8.59. The van der Waals surface area contributed by atoms with Crippen molar-refractivity contribution in [1.29, 1.82) is 0 Å². The summed E-state index contributed by atoms with van der Waals surface area (Å²) in [6.07, 6.45) is 1.73. The topological polar surface area (TPSA) is 65.5 Å². The molecule has 0 bridgehead atoms. The van der Waals surface area contributed by atoms with Crippen LogP contribution >= 0.6 is 0 Å². The molecule has 0 radical (unpaired) electrons. The molecular formula is C23H23FN4O2. The van der Waals surface area contributed by atoms with Crippen molar-refractivity contribution in [3.05, 3.63) is 72.2 Å². The molecule has 2 aromatic carbocycles. The molecule has 1 aliphatic rings. The van der Waals surface area contributed by atoms with Crippen molar-refractivity contribution in [1.82, 2.24) is 14.8 Å². The highest BCUT2D eigenvalue weighted by Gasteiger charge is 2.28. The Morgan fingerprint density at radius 2 is 1.73 bits per heavy atom. The normalized spacial score (nSPS) is 15.7. The van der Waals surface area contributed by atoms with Gasteiger partial charge in [0.1, 0.15) is 5.82 Å². The molecule has 30 heavy (non-hydrogen) atoms. The third kappa shape index (κ3) is 4.16. The maximum Gasteiger partial charge on any atom is 0.253 e. The number of carbonyl (C=O) groups is 2. The average molecular weight is 406 g/mol. The van der Waals surface area contributed by atoms with Crippen molar-refractivity contribution in [2.24, 2.45) is 0 Å². The number of piperazine rings is 1. The van der Waals surface area contributed by atoms with Crippen LogP contribution in [0.4, 0.5) is 10.1 Å². The van der Waals surface area contributed by atoms with Crippen LogP contribution in [0.1, 0.15) is 17.3 Å². The predicted molar refractivity (Wildman–Crippen MR) is 114 cm³/mol. The number of benzene rings is 2. The van der Waals surface area contributed by atoms with Gasteiger partial charge in [-0.2, -0.15) is 0 Å². The highest BCUT2D eigenvalue weighted by atomic mass is 19.1. The van der Waals surface area contributed by atoms with Crippen LogP contribution in [-0.4, -0.2) is 58.8 Å². The number of halogens is 1. The summed E-state index contributed by atoms with van der Waals surface area (Å²) in [5.74, 6) is -0.571. The van der Waals surface area contributed by atoms with Crippen LogP contribution in [0.5, 0.6) is 0 Å². The monoisotopic (exact) mass is 406 g/mol. The van der Waals surface area contributed by atoms with Gasteiger partial charge in [-0.25, -0.2) is 4.39 Å². The Bertz CT molecular complexity index is 1060. The molecule has 1 aromatic heterocycles. The third-order valence-corrected chi connectivity index (χ3v) is 5.52. The third-order valence-electron chi connectivity index (χ3n) is 5.52. The maximum atomic E-state index is 13.1. The lowest BCUT2D eigenvalue weighted by atomic mass is 10.1. The standard InChI is InChI=1S/C23H23FN4O2/c1-16(22(29)26-21-6-2-5-20-19(21)4-3-11-25-20)27-12-14-28(15-13-27)23(30)17-7-9-18(24)10-8-17/h2-11,16H,12-15H2,1H3,(H,26,29). The zero-order valence-electron chi connectivity index (χ0n) is 16.7. The fourth-order valence-electron chi connectivity index (χ4n) is 3.70. The Morgan fingerprint density at radius 1 is 1.00 bits per heavy atom. The van der Waals surface area contributed by atoms with Crippen molar-refractivity contribution >= 4 is 28.4 Å². The van der Waals surface area contributed by atoms with Crippen molar-refractivity contribution in [3.8, 4) is 0 Å². The maximum absolute atomic E-state index is 13.1. The minimum absolute atomic E-state index is 0.0929. The van der Waals surface area contributed by atoms with Gasteiger partial charge in [-0.3, -0.25) is 19.5 Å². The molecule has 0 aliphatic carbocycles.